The molecule has 2 rings (SSSR count). The molecule has 0 heterocycles. The third-order valence-corrected chi connectivity index (χ3v) is 3.00. The van der Waals surface area contributed by atoms with Gasteiger partial charge in [-0.05, 0) is 0 Å². The summed E-state index contributed by atoms with van der Waals surface area (Å²) in [7, 11) is 0. The van der Waals surface area contributed by atoms with E-state index in [0.717, 1.165) is 0 Å². The number of hydrogen-bond donors (Lipinski definition) is 1. The summed E-state index contributed by atoms with van der Waals surface area (Å²) in [5.74, 6) is -2.50. The molecule has 0 unspecified atom stereocenters. The van der Waals surface area contributed by atoms with Crippen LogP contribution in [0.2, 0.25) is 0 Å². The Labute approximate surface area is 128 Å². The number of carbonyl (C=O) groups is 2. The van der Waals surface area contributed by atoms with Crippen molar-refractivity contribution in [3.63, 3.8) is 0 Å². The molecule has 0 aliphatic heterocycles. The zero-order chi connectivity index (χ0) is 17.1. The summed E-state index contributed by atoms with van der Waals surface area (Å²) in [6.45, 7) is 0. The van der Waals surface area contributed by atoms with Crippen LogP contribution < -0.4 is 0 Å². The molecule has 9 nitrogen and oxygen atoms in total. The van der Waals surface area contributed by atoms with Gasteiger partial charge in [-0.1, -0.05) is 30.3 Å². The van der Waals surface area contributed by atoms with Crippen LogP contribution in [0.1, 0.15) is 26.3 Å². The first kappa shape index (κ1) is 15.8. The third kappa shape index (κ3) is 3.02. The summed E-state index contributed by atoms with van der Waals surface area (Å²) in [4.78, 5) is 43.6. The smallest absolute Gasteiger partial charge is 0.336 e. The van der Waals surface area contributed by atoms with Gasteiger partial charge in [0.25, 0.3) is 11.4 Å². The Morgan fingerprint density at radius 3 is 1.74 bits per heavy atom. The fraction of sp³-hybridized carbons (Fsp3) is 0. The molecule has 0 radical (unpaired) electrons. The second kappa shape index (κ2) is 6.02. The van der Waals surface area contributed by atoms with Crippen molar-refractivity contribution in [2.75, 3.05) is 0 Å². The van der Waals surface area contributed by atoms with Gasteiger partial charge in [-0.15, -0.1) is 0 Å². The van der Waals surface area contributed by atoms with E-state index in [1.807, 2.05) is 0 Å². The van der Waals surface area contributed by atoms with Gasteiger partial charge >= 0.3 is 5.97 Å². The molecule has 23 heavy (non-hydrogen) atoms. The van der Waals surface area contributed by atoms with E-state index in [1.54, 1.807) is 6.07 Å². The molecule has 0 amide bonds. The second-order valence-electron chi connectivity index (χ2n) is 4.40. The minimum atomic E-state index is -1.57. The van der Waals surface area contributed by atoms with Gasteiger partial charge in [-0.3, -0.25) is 25.0 Å². The molecule has 116 valence electrons. The zero-order valence-corrected chi connectivity index (χ0v) is 11.3. The average molecular weight is 316 g/mol. The summed E-state index contributed by atoms with van der Waals surface area (Å²) < 4.78 is 0. The normalized spacial score (nSPS) is 10.1. The van der Waals surface area contributed by atoms with Crippen molar-refractivity contribution in [2.24, 2.45) is 0 Å². The van der Waals surface area contributed by atoms with E-state index in [4.69, 9.17) is 5.11 Å². The van der Waals surface area contributed by atoms with E-state index in [1.165, 1.54) is 24.3 Å². The Bertz CT molecular complexity index is 795. The van der Waals surface area contributed by atoms with E-state index in [0.29, 0.717) is 12.1 Å². The minimum absolute atomic E-state index is 0.0155. The van der Waals surface area contributed by atoms with Crippen LogP contribution in [-0.2, 0) is 0 Å². The number of aromatic carboxylic acids is 1. The molecule has 0 aliphatic rings. The van der Waals surface area contributed by atoms with Crippen LogP contribution in [-0.4, -0.2) is 26.7 Å². The van der Waals surface area contributed by atoms with E-state index in [2.05, 4.69) is 0 Å². The average Bonchev–Trinajstić information content (AvgIpc) is 2.53. The fourth-order valence-corrected chi connectivity index (χ4v) is 1.99. The SMILES string of the molecule is O=C(O)c1cc([N+](=O)[O-])c(C(=O)c2ccccc2)c([N+](=O)[O-])c1. The van der Waals surface area contributed by atoms with Crippen LogP contribution in [0.5, 0.6) is 0 Å². The maximum absolute atomic E-state index is 12.4. The third-order valence-electron chi connectivity index (χ3n) is 3.00. The Morgan fingerprint density at radius 2 is 1.35 bits per heavy atom. The highest BCUT2D eigenvalue weighted by Gasteiger charge is 2.33. The molecular weight excluding hydrogens is 308 g/mol. The van der Waals surface area contributed by atoms with Crippen molar-refractivity contribution in [2.45, 2.75) is 0 Å². The molecule has 1 N–H and O–H groups in total. The maximum Gasteiger partial charge on any atom is 0.336 e. The summed E-state index contributed by atoms with van der Waals surface area (Å²) in [6.07, 6.45) is 0. The predicted molar refractivity (Wildman–Crippen MR) is 76.6 cm³/mol. The molecule has 0 aliphatic carbocycles. The fourth-order valence-electron chi connectivity index (χ4n) is 1.99. The van der Waals surface area contributed by atoms with E-state index in [9.17, 15) is 29.8 Å². The summed E-state index contributed by atoms with van der Waals surface area (Å²) >= 11 is 0. The van der Waals surface area contributed by atoms with Crippen LogP contribution in [0.25, 0.3) is 0 Å². The van der Waals surface area contributed by atoms with Crippen molar-refractivity contribution in [3.8, 4) is 0 Å². The highest BCUT2D eigenvalue weighted by molar-refractivity contribution is 6.14. The standard InChI is InChI=1S/C14H8N2O7/c17-13(8-4-2-1-3-5-8)12-10(15(20)21)6-9(14(18)19)7-11(12)16(22)23/h1-7H,(H,18,19). The van der Waals surface area contributed by atoms with Gasteiger partial charge in [0.15, 0.2) is 5.56 Å². The van der Waals surface area contributed by atoms with Gasteiger partial charge in [0.05, 0.1) is 15.4 Å². The molecule has 2 aromatic carbocycles. The number of nitrogens with zero attached hydrogens (tertiary/aromatic N) is 2. The molecule has 2 aromatic rings. The topological polar surface area (TPSA) is 141 Å². The molecule has 0 fully saturated rings. The molecule has 0 bridgehead atoms. The van der Waals surface area contributed by atoms with Gasteiger partial charge in [-0.2, -0.15) is 0 Å². The number of carbonyl (C=O) groups excluding carboxylic acids is 1. The van der Waals surface area contributed by atoms with E-state index >= 15 is 0 Å². The first-order valence-electron chi connectivity index (χ1n) is 6.12. The van der Waals surface area contributed by atoms with Gasteiger partial charge in [0, 0.05) is 17.7 Å². The molecule has 0 aromatic heterocycles. The molecule has 9 heteroatoms. The van der Waals surface area contributed by atoms with Gasteiger partial charge < -0.3 is 5.11 Å². The van der Waals surface area contributed by atoms with Crippen molar-refractivity contribution in [3.05, 3.63) is 79.4 Å². The van der Waals surface area contributed by atoms with Gasteiger partial charge in [0.2, 0.25) is 5.78 Å². The number of nitro benzene ring substituents is 2. The summed E-state index contributed by atoms with van der Waals surface area (Å²) in [5, 5.41) is 31.2. The Morgan fingerprint density at radius 1 is 0.870 bits per heavy atom. The van der Waals surface area contributed by atoms with E-state index < -0.39 is 44.1 Å². The molecular formula is C14H8N2O7. The Balaban J connectivity index is 2.79. The van der Waals surface area contributed by atoms with Crippen LogP contribution >= 0.6 is 0 Å². The molecule has 0 atom stereocenters. The lowest BCUT2D eigenvalue weighted by molar-refractivity contribution is -0.394. The number of carboxylic acids is 1. The lowest BCUT2D eigenvalue weighted by Crippen LogP contribution is -2.11. The first-order valence-corrected chi connectivity index (χ1v) is 6.12. The second-order valence-corrected chi connectivity index (χ2v) is 4.40. The Kier molecular flexibility index (Phi) is 4.12. The number of rotatable bonds is 5. The number of nitro groups is 2. The van der Waals surface area contributed by atoms with Crippen molar-refractivity contribution >= 4 is 23.1 Å². The first-order chi connectivity index (χ1) is 10.8. The van der Waals surface area contributed by atoms with Gasteiger partial charge in [0.1, 0.15) is 0 Å². The van der Waals surface area contributed by atoms with Crippen LogP contribution in [0.3, 0.4) is 0 Å². The minimum Gasteiger partial charge on any atom is -0.478 e. The largest absolute Gasteiger partial charge is 0.478 e. The lowest BCUT2D eigenvalue weighted by atomic mass is 9.98. The number of ketones is 1. The summed E-state index contributed by atoms with van der Waals surface area (Å²) in [6, 6.07) is 8.55. The molecule has 0 saturated heterocycles. The lowest BCUT2D eigenvalue weighted by Gasteiger charge is -2.05. The number of hydrogen-bond acceptors (Lipinski definition) is 6. The van der Waals surface area contributed by atoms with Crippen LogP contribution in [0, 0.1) is 20.2 Å². The summed E-state index contributed by atoms with van der Waals surface area (Å²) in [5.41, 5.74) is -3.23. The quantitative estimate of drug-likeness (QED) is 0.507. The highest BCUT2D eigenvalue weighted by atomic mass is 16.6. The number of benzene rings is 2. The predicted octanol–water partition coefficient (Wildman–Crippen LogP) is 2.43. The highest BCUT2D eigenvalue weighted by Crippen LogP contribution is 2.32. The maximum atomic E-state index is 12.4. The molecule has 0 spiro atoms. The monoisotopic (exact) mass is 316 g/mol. The van der Waals surface area contributed by atoms with Crippen LogP contribution in [0.4, 0.5) is 11.4 Å². The molecule has 0 saturated carbocycles. The number of carboxylic acid groups (broad SMARTS) is 1. The Hall–Kier alpha value is -3.62. The van der Waals surface area contributed by atoms with Crippen LogP contribution in [0.15, 0.2) is 42.5 Å². The van der Waals surface area contributed by atoms with Gasteiger partial charge in [-0.25, -0.2) is 4.79 Å². The van der Waals surface area contributed by atoms with Crippen molar-refractivity contribution < 1.29 is 24.5 Å². The van der Waals surface area contributed by atoms with Crippen molar-refractivity contribution in [1.29, 1.82) is 0 Å². The van der Waals surface area contributed by atoms with E-state index in [-0.39, 0.29) is 5.56 Å². The van der Waals surface area contributed by atoms with Crippen molar-refractivity contribution in [1.82, 2.24) is 0 Å². The zero-order valence-electron chi connectivity index (χ0n) is 11.3.